The van der Waals surface area contributed by atoms with Gasteiger partial charge in [-0.1, -0.05) is 34.8 Å². The summed E-state index contributed by atoms with van der Waals surface area (Å²) < 4.78 is 7.71. The number of hydrogen-bond acceptors (Lipinski definition) is 3. The van der Waals surface area contributed by atoms with Crippen LogP contribution in [0.1, 0.15) is 12.8 Å². The quantitative estimate of drug-likeness (QED) is 0.513. The molecule has 1 rings (SSSR count). The number of halogens is 3. The zero-order valence-corrected chi connectivity index (χ0v) is 8.33. The van der Waals surface area contributed by atoms with Crippen molar-refractivity contribution in [2.45, 2.75) is 22.9 Å². The molecule has 0 amide bonds. The average Bonchev–Trinajstić information content (AvgIpc) is 2.37. The first-order chi connectivity index (χ1) is 5.50. The SMILES string of the molecule is O=C(OC1CCCO1)C(Cl)(Cl)Cl. The van der Waals surface area contributed by atoms with E-state index in [9.17, 15) is 4.79 Å². The van der Waals surface area contributed by atoms with Crippen LogP contribution < -0.4 is 0 Å². The van der Waals surface area contributed by atoms with Gasteiger partial charge in [0.25, 0.3) is 3.79 Å². The third kappa shape index (κ3) is 2.98. The van der Waals surface area contributed by atoms with Gasteiger partial charge in [-0.3, -0.25) is 0 Å². The first-order valence-corrected chi connectivity index (χ1v) is 4.53. The summed E-state index contributed by atoms with van der Waals surface area (Å²) in [6, 6.07) is 0. The van der Waals surface area contributed by atoms with Crippen molar-refractivity contribution in [2.24, 2.45) is 0 Å². The van der Waals surface area contributed by atoms with Crippen molar-refractivity contribution in [2.75, 3.05) is 6.61 Å². The fourth-order valence-electron chi connectivity index (χ4n) is 0.827. The van der Waals surface area contributed by atoms with Crippen molar-refractivity contribution in [3.05, 3.63) is 0 Å². The Hall–Kier alpha value is 0.300. The van der Waals surface area contributed by atoms with Crippen LogP contribution in [-0.2, 0) is 14.3 Å². The van der Waals surface area contributed by atoms with Crippen molar-refractivity contribution in [1.82, 2.24) is 0 Å². The minimum Gasteiger partial charge on any atom is -0.433 e. The highest BCUT2D eigenvalue weighted by Crippen LogP contribution is 2.29. The van der Waals surface area contributed by atoms with E-state index in [1.54, 1.807) is 0 Å². The van der Waals surface area contributed by atoms with Crippen molar-refractivity contribution in [1.29, 1.82) is 0 Å². The molecular weight excluding hydrogens is 226 g/mol. The molecule has 0 aromatic heterocycles. The predicted molar refractivity (Wildman–Crippen MR) is 45.4 cm³/mol. The number of alkyl halides is 3. The molecule has 0 N–H and O–H groups in total. The van der Waals surface area contributed by atoms with Gasteiger partial charge < -0.3 is 9.47 Å². The first-order valence-electron chi connectivity index (χ1n) is 3.39. The van der Waals surface area contributed by atoms with Crippen molar-refractivity contribution >= 4 is 40.8 Å². The lowest BCUT2D eigenvalue weighted by Gasteiger charge is -2.14. The standard InChI is InChI=1S/C6H7Cl3O3/c7-6(8,9)5(10)12-4-2-1-3-11-4/h4H,1-3H2. The summed E-state index contributed by atoms with van der Waals surface area (Å²) in [6.07, 6.45) is 0.970. The maximum absolute atomic E-state index is 10.9. The average molecular weight is 233 g/mol. The molecule has 1 saturated heterocycles. The Morgan fingerprint density at radius 3 is 2.58 bits per heavy atom. The molecule has 0 aromatic rings. The molecule has 0 radical (unpaired) electrons. The highest BCUT2D eigenvalue weighted by molar-refractivity contribution is 6.75. The van der Waals surface area contributed by atoms with Gasteiger partial charge in [-0.05, 0) is 6.42 Å². The van der Waals surface area contributed by atoms with Crippen LogP contribution in [0.3, 0.4) is 0 Å². The number of carbonyl (C=O) groups excluding carboxylic acids is 1. The summed E-state index contributed by atoms with van der Waals surface area (Å²) in [6.45, 7) is 0.581. The summed E-state index contributed by atoms with van der Waals surface area (Å²) in [5.74, 6) is -0.889. The number of hydrogen-bond donors (Lipinski definition) is 0. The lowest BCUT2D eigenvalue weighted by atomic mass is 10.4. The Kier molecular flexibility index (Phi) is 3.47. The van der Waals surface area contributed by atoms with Crippen LogP contribution in [-0.4, -0.2) is 22.7 Å². The molecule has 1 atom stereocenters. The molecule has 12 heavy (non-hydrogen) atoms. The maximum atomic E-state index is 10.9. The van der Waals surface area contributed by atoms with E-state index in [1.807, 2.05) is 0 Å². The molecule has 6 heteroatoms. The number of carbonyl (C=O) groups is 1. The van der Waals surface area contributed by atoms with E-state index in [2.05, 4.69) is 0 Å². The van der Waals surface area contributed by atoms with E-state index in [-0.39, 0.29) is 0 Å². The highest BCUT2D eigenvalue weighted by atomic mass is 35.6. The monoisotopic (exact) mass is 232 g/mol. The van der Waals surface area contributed by atoms with Crippen LogP contribution in [0.5, 0.6) is 0 Å². The molecular formula is C6H7Cl3O3. The molecule has 0 aliphatic carbocycles. The molecule has 1 heterocycles. The van der Waals surface area contributed by atoms with E-state index >= 15 is 0 Å². The van der Waals surface area contributed by atoms with Crippen LogP contribution in [0.4, 0.5) is 0 Å². The number of ether oxygens (including phenoxy) is 2. The van der Waals surface area contributed by atoms with Gasteiger partial charge in [0.05, 0.1) is 6.61 Å². The fourth-order valence-corrected chi connectivity index (χ4v) is 0.961. The van der Waals surface area contributed by atoms with Crippen LogP contribution in [0.25, 0.3) is 0 Å². The molecule has 1 unspecified atom stereocenters. The van der Waals surface area contributed by atoms with E-state index in [0.29, 0.717) is 13.0 Å². The molecule has 1 fully saturated rings. The predicted octanol–water partition coefficient (Wildman–Crippen LogP) is 2.04. The van der Waals surface area contributed by atoms with Crippen LogP contribution in [0.2, 0.25) is 0 Å². The van der Waals surface area contributed by atoms with Gasteiger partial charge in [0.1, 0.15) is 0 Å². The Morgan fingerprint density at radius 1 is 1.50 bits per heavy atom. The van der Waals surface area contributed by atoms with Crippen LogP contribution in [0, 0.1) is 0 Å². The Balaban J connectivity index is 2.35. The summed E-state index contributed by atoms with van der Waals surface area (Å²) >= 11 is 15.8. The largest absolute Gasteiger partial charge is 0.433 e. The van der Waals surface area contributed by atoms with Crippen LogP contribution >= 0.6 is 34.8 Å². The molecule has 0 bridgehead atoms. The highest BCUT2D eigenvalue weighted by Gasteiger charge is 2.35. The molecule has 70 valence electrons. The summed E-state index contributed by atoms with van der Waals surface area (Å²) in [4.78, 5) is 10.9. The fraction of sp³-hybridized carbons (Fsp3) is 0.833. The number of esters is 1. The molecule has 0 aromatic carbocycles. The van der Waals surface area contributed by atoms with Crippen molar-refractivity contribution < 1.29 is 14.3 Å². The van der Waals surface area contributed by atoms with Crippen molar-refractivity contribution in [3.8, 4) is 0 Å². The Bertz CT molecular complexity index is 171. The van der Waals surface area contributed by atoms with Gasteiger partial charge in [-0.2, -0.15) is 0 Å². The van der Waals surface area contributed by atoms with Crippen molar-refractivity contribution in [3.63, 3.8) is 0 Å². The van der Waals surface area contributed by atoms with E-state index in [4.69, 9.17) is 44.3 Å². The third-order valence-corrected chi connectivity index (χ3v) is 1.82. The summed E-state index contributed by atoms with van der Waals surface area (Å²) in [5, 5.41) is 0. The minimum atomic E-state index is -2.01. The van der Waals surface area contributed by atoms with Gasteiger partial charge in [0.15, 0.2) is 0 Å². The molecule has 3 nitrogen and oxygen atoms in total. The van der Waals surface area contributed by atoms with E-state index in [1.165, 1.54) is 0 Å². The number of rotatable bonds is 1. The molecule has 0 saturated carbocycles. The zero-order chi connectivity index (χ0) is 9.19. The summed E-state index contributed by atoms with van der Waals surface area (Å²) in [5.41, 5.74) is 0. The third-order valence-electron chi connectivity index (χ3n) is 1.36. The van der Waals surface area contributed by atoms with Gasteiger partial charge in [0, 0.05) is 6.42 Å². The molecule has 1 aliphatic rings. The van der Waals surface area contributed by atoms with Gasteiger partial charge in [0.2, 0.25) is 6.29 Å². The molecule has 1 aliphatic heterocycles. The second-order valence-corrected chi connectivity index (χ2v) is 4.63. The topological polar surface area (TPSA) is 35.5 Å². The Labute approximate surface area is 84.9 Å². The zero-order valence-electron chi connectivity index (χ0n) is 6.06. The second-order valence-electron chi connectivity index (χ2n) is 2.35. The minimum absolute atomic E-state index is 0.548. The second kappa shape index (κ2) is 4.01. The van der Waals surface area contributed by atoms with Gasteiger partial charge in [-0.25, -0.2) is 4.79 Å². The normalized spacial score (nSPS) is 24.1. The van der Waals surface area contributed by atoms with E-state index in [0.717, 1.165) is 6.42 Å². The maximum Gasteiger partial charge on any atom is 0.360 e. The molecule has 0 spiro atoms. The summed E-state index contributed by atoms with van der Waals surface area (Å²) in [7, 11) is 0. The lowest BCUT2D eigenvalue weighted by molar-refractivity contribution is -0.168. The van der Waals surface area contributed by atoms with Gasteiger partial charge >= 0.3 is 5.97 Å². The smallest absolute Gasteiger partial charge is 0.360 e. The van der Waals surface area contributed by atoms with E-state index < -0.39 is 16.1 Å². The Morgan fingerprint density at radius 2 is 2.17 bits per heavy atom. The van der Waals surface area contributed by atoms with Crippen LogP contribution in [0.15, 0.2) is 0 Å². The first kappa shape index (κ1) is 10.4. The van der Waals surface area contributed by atoms with Gasteiger partial charge in [-0.15, -0.1) is 0 Å². The lowest BCUT2D eigenvalue weighted by Crippen LogP contribution is -2.27.